The SMILES string of the molecule is COc1cc2c(cc1OC)C1CC(=O)C3CCCCC3N1CC2. The fraction of sp³-hybridized carbons (Fsp3) is 0.632. The fourth-order valence-corrected chi connectivity index (χ4v) is 4.90. The number of hydrogen-bond donors (Lipinski definition) is 0. The molecule has 23 heavy (non-hydrogen) atoms. The van der Waals surface area contributed by atoms with Crippen LogP contribution in [0.25, 0.3) is 0 Å². The second-order valence-electron chi connectivity index (χ2n) is 7.04. The molecule has 1 saturated carbocycles. The van der Waals surface area contributed by atoms with E-state index < -0.39 is 0 Å². The summed E-state index contributed by atoms with van der Waals surface area (Å²) in [6.45, 7) is 1.06. The number of hydrogen-bond acceptors (Lipinski definition) is 4. The van der Waals surface area contributed by atoms with Gasteiger partial charge in [-0.2, -0.15) is 0 Å². The zero-order valence-corrected chi connectivity index (χ0v) is 14.0. The average Bonchev–Trinajstić information content (AvgIpc) is 2.60. The Hall–Kier alpha value is -1.55. The normalized spacial score (nSPS) is 30.2. The number of benzene rings is 1. The third-order valence-electron chi connectivity index (χ3n) is 6.01. The van der Waals surface area contributed by atoms with Crippen molar-refractivity contribution in [2.24, 2.45) is 5.92 Å². The van der Waals surface area contributed by atoms with Crippen molar-refractivity contribution in [1.29, 1.82) is 0 Å². The summed E-state index contributed by atoms with van der Waals surface area (Å²) in [6, 6.07) is 4.88. The van der Waals surface area contributed by atoms with Gasteiger partial charge in [0, 0.05) is 31.0 Å². The molecule has 0 amide bonds. The highest BCUT2D eigenvalue weighted by Gasteiger charge is 2.45. The van der Waals surface area contributed by atoms with Crippen LogP contribution < -0.4 is 9.47 Å². The number of rotatable bonds is 2. The van der Waals surface area contributed by atoms with Gasteiger partial charge in [-0.15, -0.1) is 0 Å². The maximum atomic E-state index is 12.7. The summed E-state index contributed by atoms with van der Waals surface area (Å²) in [5.74, 6) is 2.31. The van der Waals surface area contributed by atoms with Crippen molar-refractivity contribution in [3.63, 3.8) is 0 Å². The van der Waals surface area contributed by atoms with Gasteiger partial charge >= 0.3 is 0 Å². The standard InChI is InChI=1S/C19H25NO3/c1-22-18-9-12-7-8-20-15-6-4-3-5-13(15)17(21)11-16(20)14(12)10-19(18)23-2/h9-10,13,15-16H,3-8,11H2,1-2H3. The maximum absolute atomic E-state index is 12.7. The molecule has 2 aliphatic heterocycles. The van der Waals surface area contributed by atoms with Crippen molar-refractivity contribution in [2.75, 3.05) is 20.8 Å². The van der Waals surface area contributed by atoms with Crippen molar-refractivity contribution >= 4 is 5.78 Å². The molecule has 0 radical (unpaired) electrons. The molecule has 1 aromatic carbocycles. The molecule has 1 saturated heterocycles. The number of carbonyl (C=O) groups excluding carboxylic acids is 1. The molecular weight excluding hydrogens is 290 g/mol. The summed E-state index contributed by atoms with van der Waals surface area (Å²) in [7, 11) is 3.35. The number of ketones is 1. The summed E-state index contributed by atoms with van der Waals surface area (Å²) >= 11 is 0. The molecule has 124 valence electrons. The van der Waals surface area contributed by atoms with E-state index in [2.05, 4.69) is 17.0 Å². The molecule has 0 spiro atoms. The van der Waals surface area contributed by atoms with E-state index in [9.17, 15) is 4.79 Å². The molecule has 3 unspecified atom stereocenters. The lowest BCUT2D eigenvalue weighted by Gasteiger charge is -2.50. The number of carbonyl (C=O) groups is 1. The first kappa shape index (κ1) is 15.0. The Bertz CT molecular complexity index is 627. The van der Waals surface area contributed by atoms with E-state index in [1.165, 1.54) is 30.4 Å². The lowest BCUT2D eigenvalue weighted by Crippen LogP contribution is -2.54. The molecule has 1 aliphatic carbocycles. The highest BCUT2D eigenvalue weighted by Crippen LogP contribution is 2.46. The summed E-state index contributed by atoms with van der Waals surface area (Å²) in [5.41, 5.74) is 2.58. The molecule has 0 aromatic heterocycles. The van der Waals surface area contributed by atoms with Gasteiger partial charge in [0.1, 0.15) is 5.78 Å². The molecule has 2 heterocycles. The van der Waals surface area contributed by atoms with Crippen LogP contribution >= 0.6 is 0 Å². The molecule has 0 bridgehead atoms. The zero-order valence-electron chi connectivity index (χ0n) is 14.0. The van der Waals surface area contributed by atoms with Gasteiger partial charge in [0.25, 0.3) is 0 Å². The Labute approximate surface area is 137 Å². The van der Waals surface area contributed by atoms with Crippen LogP contribution in [0.5, 0.6) is 11.5 Å². The molecule has 1 aromatic rings. The minimum atomic E-state index is 0.227. The second kappa shape index (κ2) is 5.82. The maximum Gasteiger partial charge on any atom is 0.161 e. The Kier molecular flexibility index (Phi) is 3.80. The van der Waals surface area contributed by atoms with Gasteiger partial charge in [-0.05, 0) is 42.5 Å². The molecule has 0 N–H and O–H groups in total. The van der Waals surface area contributed by atoms with Gasteiger partial charge in [0.15, 0.2) is 11.5 Å². The van der Waals surface area contributed by atoms with E-state index in [0.717, 1.165) is 30.9 Å². The molecule has 4 heteroatoms. The topological polar surface area (TPSA) is 38.8 Å². The van der Waals surface area contributed by atoms with Gasteiger partial charge < -0.3 is 9.47 Å². The number of methoxy groups -OCH3 is 2. The number of fused-ring (bicyclic) bond motifs is 5. The van der Waals surface area contributed by atoms with Gasteiger partial charge in [-0.25, -0.2) is 0 Å². The lowest BCUT2D eigenvalue weighted by atomic mass is 9.72. The van der Waals surface area contributed by atoms with Crippen LogP contribution in [0.2, 0.25) is 0 Å². The predicted molar refractivity (Wildman–Crippen MR) is 88.1 cm³/mol. The van der Waals surface area contributed by atoms with Crippen LogP contribution in [0, 0.1) is 5.92 Å². The Morgan fingerprint density at radius 2 is 1.83 bits per heavy atom. The minimum Gasteiger partial charge on any atom is -0.493 e. The molecule has 4 nitrogen and oxygen atoms in total. The summed E-state index contributed by atoms with van der Waals surface area (Å²) in [6.07, 6.45) is 6.43. The minimum absolute atomic E-state index is 0.227. The summed E-state index contributed by atoms with van der Waals surface area (Å²) in [4.78, 5) is 15.3. The molecular formula is C19H25NO3. The van der Waals surface area contributed by atoms with Gasteiger partial charge in [-0.1, -0.05) is 12.8 Å². The number of ether oxygens (including phenoxy) is 2. The van der Waals surface area contributed by atoms with Crippen molar-refractivity contribution in [3.8, 4) is 11.5 Å². The van der Waals surface area contributed by atoms with Crippen molar-refractivity contribution < 1.29 is 14.3 Å². The van der Waals surface area contributed by atoms with Gasteiger partial charge in [0.2, 0.25) is 0 Å². The van der Waals surface area contributed by atoms with Crippen LogP contribution in [-0.4, -0.2) is 37.5 Å². The third kappa shape index (κ3) is 2.35. The van der Waals surface area contributed by atoms with Gasteiger partial charge in [-0.3, -0.25) is 9.69 Å². The van der Waals surface area contributed by atoms with E-state index in [-0.39, 0.29) is 12.0 Å². The van der Waals surface area contributed by atoms with Crippen LogP contribution in [0.1, 0.15) is 49.3 Å². The Morgan fingerprint density at radius 3 is 2.61 bits per heavy atom. The van der Waals surface area contributed by atoms with Crippen LogP contribution in [0.15, 0.2) is 12.1 Å². The highest BCUT2D eigenvalue weighted by molar-refractivity contribution is 5.83. The van der Waals surface area contributed by atoms with Crippen molar-refractivity contribution in [3.05, 3.63) is 23.3 Å². The fourth-order valence-electron chi connectivity index (χ4n) is 4.90. The average molecular weight is 315 g/mol. The molecule has 3 aliphatic rings. The smallest absolute Gasteiger partial charge is 0.161 e. The first-order valence-corrected chi connectivity index (χ1v) is 8.76. The second-order valence-corrected chi connectivity index (χ2v) is 7.04. The predicted octanol–water partition coefficient (Wildman–Crippen LogP) is 3.13. The Morgan fingerprint density at radius 1 is 1.09 bits per heavy atom. The summed E-state index contributed by atoms with van der Waals surface area (Å²) in [5, 5.41) is 0. The van der Waals surface area contributed by atoms with Crippen molar-refractivity contribution in [1.82, 2.24) is 4.90 Å². The number of nitrogens with zero attached hydrogens (tertiary/aromatic N) is 1. The summed E-state index contributed by atoms with van der Waals surface area (Å²) < 4.78 is 10.9. The quantitative estimate of drug-likeness (QED) is 0.840. The number of Topliss-reactive ketones (excluding diaryl/α,β-unsaturated/α-hetero) is 1. The van der Waals surface area contributed by atoms with Crippen LogP contribution in [0.3, 0.4) is 0 Å². The number of piperidine rings is 1. The molecule has 3 atom stereocenters. The monoisotopic (exact) mass is 315 g/mol. The molecule has 4 rings (SSSR count). The third-order valence-corrected chi connectivity index (χ3v) is 6.01. The largest absolute Gasteiger partial charge is 0.493 e. The lowest BCUT2D eigenvalue weighted by molar-refractivity contribution is -0.134. The first-order valence-electron chi connectivity index (χ1n) is 8.76. The van der Waals surface area contributed by atoms with Gasteiger partial charge in [0.05, 0.1) is 14.2 Å². The van der Waals surface area contributed by atoms with Crippen molar-refractivity contribution in [2.45, 2.75) is 50.6 Å². The van der Waals surface area contributed by atoms with E-state index in [0.29, 0.717) is 18.2 Å². The van der Waals surface area contributed by atoms with E-state index >= 15 is 0 Å². The van der Waals surface area contributed by atoms with Crippen LogP contribution in [0.4, 0.5) is 0 Å². The Balaban J connectivity index is 1.73. The van der Waals surface area contributed by atoms with Crippen LogP contribution in [-0.2, 0) is 11.2 Å². The molecule has 2 fully saturated rings. The zero-order chi connectivity index (χ0) is 16.0. The van der Waals surface area contributed by atoms with E-state index in [4.69, 9.17) is 9.47 Å². The highest BCUT2D eigenvalue weighted by atomic mass is 16.5. The van der Waals surface area contributed by atoms with E-state index in [1.807, 2.05) is 0 Å². The van der Waals surface area contributed by atoms with E-state index in [1.54, 1.807) is 14.2 Å². The first-order chi connectivity index (χ1) is 11.2.